The molecule has 1 amide bonds. The van der Waals surface area contributed by atoms with Gasteiger partial charge in [0.1, 0.15) is 0 Å². The zero-order valence-electron chi connectivity index (χ0n) is 11.5. The van der Waals surface area contributed by atoms with Gasteiger partial charge in [-0.05, 0) is 35.7 Å². The molecule has 0 spiro atoms. The molecule has 2 N–H and O–H groups in total. The van der Waals surface area contributed by atoms with Crippen LogP contribution in [0.5, 0.6) is 0 Å². The van der Waals surface area contributed by atoms with E-state index in [0.717, 1.165) is 23.4 Å². The molecule has 1 aliphatic heterocycles. The molecular formula is C17H18N2O. The van der Waals surface area contributed by atoms with E-state index in [2.05, 4.69) is 29.7 Å². The summed E-state index contributed by atoms with van der Waals surface area (Å²) in [5.41, 5.74) is 4.27. The number of nitrogens with one attached hydrogen (secondary N) is 2. The van der Waals surface area contributed by atoms with Crippen molar-refractivity contribution in [3.63, 3.8) is 0 Å². The first-order chi connectivity index (χ1) is 9.78. The van der Waals surface area contributed by atoms with Gasteiger partial charge in [-0.3, -0.25) is 4.79 Å². The minimum atomic E-state index is -0.114. The van der Waals surface area contributed by atoms with Crippen molar-refractivity contribution >= 4 is 17.3 Å². The zero-order chi connectivity index (χ0) is 13.9. The number of amides is 1. The van der Waals surface area contributed by atoms with Crippen molar-refractivity contribution < 1.29 is 4.79 Å². The predicted octanol–water partition coefficient (Wildman–Crippen LogP) is 3.40. The summed E-state index contributed by atoms with van der Waals surface area (Å²) in [4.78, 5) is 12.4. The Labute approximate surface area is 119 Å². The van der Waals surface area contributed by atoms with Crippen LogP contribution in [0.15, 0.2) is 48.5 Å². The Morgan fingerprint density at radius 3 is 2.70 bits per heavy atom. The van der Waals surface area contributed by atoms with Crippen molar-refractivity contribution in [3.8, 4) is 0 Å². The van der Waals surface area contributed by atoms with Gasteiger partial charge in [-0.25, -0.2) is 0 Å². The van der Waals surface area contributed by atoms with Crippen molar-refractivity contribution in [2.24, 2.45) is 0 Å². The third-order valence-corrected chi connectivity index (χ3v) is 3.78. The van der Waals surface area contributed by atoms with E-state index >= 15 is 0 Å². The molecule has 3 heteroatoms. The van der Waals surface area contributed by atoms with E-state index in [1.165, 1.54) is 5.56 Å². The second-order valence-electron chi connectivity index (χ2n) is 5.06. The number of rotatable bonds is 3. The molecule has 0 bridgehead atoms. The van der Waals surface area contributed by atoms with Crippen LogP contribution in [0.4, 0.5) is 11.4 Å². The summed E-state index contributed by atoms with van der Waals surface area (Å²) >= 11 is 0. The highest BCUT2D eigenvalue weighted by atomic mass is 16.1. The summed E-state index contributed by atoms with van der Waals surface area (Å²) in [6.07, 6.45) is 1.01. The molecule has 0 aromatic heterocycles. The third-order valence-electron chi connectivity index (χ3n) is 3.78. The number of hydrogen-bond donors (Lipinski definition) is 2. The maximum Gasteiger partial charge on any atom is 0.233 e. The number of carbonyl (C=O) groups excluding carboxylic acids is 1. The SMILES string of the molecule is CCc1ccc(NC(=O)C2CNc3ccccc32)cc1. The molecule has 102 valence electrons. The Balaban J connectivity index is 1.74. The van der Waals surface area contributed by atoms with Gasteiger partial charge in [0.25, 0.3) is 0 Å². The smallest absolute Gasteiger partial charge is 0.233 e. The van der Waals surface area contributed by atoms with Crippen molar-refractivity contribution in [1.82, 2.24) is 0 Å². The molecule has 1 heterocycles. The molecule has 2 aromatic rings. The van der Waals surface area contributed by atoms with E-state index in [4.69, 9.17) is 0 Å². The molecule has 3 nitrogen and oxygen atoms in total. The Hall–Kier alpha value is -2.29. The van der Waals surface area contributed by atoms with Gasteiger partial charge in [-0.1, -0.05) is 37.3 Å². The first-order valence-corrected chi connectivity index (χ1v) is 7.00. The van der Waals surface area contributed by atoms with Gasteiger partial charge in [0.05, 0.1) is 5.92 Å². The standard InChI is InChI=1S/C17H18N2O/c1-2-12-7-9-13(10-8-12)19-17(20)15-11-18-16-6-4-3-5-14(15)16/h3-10,15,18H,2,11H2,1H3,(H,19,20). The molecule has 3 rings (SSSR count). The van der Waals surface area contributed by atoms with E-state index in [1.54, 1.807) is 0 Å². The molecule has 0 radical (unpaired) electrons. The summed E-state index contributed by atoms with van der Waals surface area (Å²) in [6.45, 7) is 2.78. The van der Waals surface area contributed by atoms with Gasteiger partial charge in [-0.15, -0.1) is 0 Å². The number of anilines is 2. The van der Waals surface area contributed by atoms with Crippen LogP contribution >= 0.6 is 0 Å². The van der Waals surface area contributed by atoms with E-state index in [0.29, 0.717) is 6.54 Å². The molecule has 1 aliphatic rings. The van der Waals surface area contributed by atoms with Gasteiger partial charge in [0.2, 0.25) is 5.91 Å². The van der Waals surface area contributed by atoms with E-state index < -0.39 is 0 Å². The maximum absolute atomic E-state index is 12.4. The number of aryl methyl sites for hydroxylation is 1. The predicted molar refractivity (Wildman–Crippen MR) is 82.1 cm³/mol. The van der Waals surface area contributed by atoms with Crippen LogP contribution < -0.4 is 10.6 Å². The molecule has 20 heavy (non-hydrogen) atoms. The summed E-state index contributed by atoms with van der Waals surface area (Å²) in [5, 5.41) is 6.27. The van der Waals surface area contributed by atoms with Crippen molar-refractivity contribution in [3.05, 3.63) is 59.7 Å². The van der Waals surface area contributed by atoms with Crippen molar-refractivity contribution in [2.75, 3.05) is 17.2 Å². The molecule has 1 unspecified atom stereocenters. The Kier molecular flexibility index (Phi) is 3.42. The summed E-state index contributed by atoms with van der Waals surface area (Å²) in [7, 11) is 0. The topological polar surface area (TPSA) is 41.1 Å². The third kappa shape index (κ3) is 2.39. The number of para-hydroxylation sites is 1. The van der Waals surface area contributed by atoms with Gasteiger partial charge < -0.3 is 10.6 Å². The molecule has 1 atom stereocenters. The fraction of sp³-hybridized carbons (Fsp3) is 0.235. The lowest BCUT2D eigenvalue weighted by Gasteiger charge is -2.11. The number of fused-ring (bicyclic) bond motifs is 1. The maximum atomic E-state index is 12.4. The zero-order valence-corrected chi connectivity index (χ0v) is 11.5. The lowest BCUT2D eigenvalue weighted by atomic mass is 10.0. The minimum Gasteiger partial charge on any atom is -0.384 e. The second kappa shape index (κ2) is 5.37. The largest absolute Gasteiger partial charge is 0.384 e. The van der Waals surface area contributed by atoms with Crippen LogP contribution in [0.2, 0.25) is 0 Å². The first kappa shape index (κ1) is 12.7. The lowest BCUT2D eigenvalue weighted by molar-refractivity contribution is -0.117. The first-order valence-electron chi connectivity index (χ1n) is 7.00. The molecule has 0 saturated heterocycles. The van der Waals surface area contributed by atoms with Gasteiger partial charge in [0.15, 0.2) is 0 Å². The van der Waals surface area contributed by atoms with Crippen LogP contribution in [0.1, 0.15) is 24.0 Å². The Bertz CT molecular complexity index is 619. The van der Waals surface area contributed by atoms with Crippen molar-refractivity contribution in [2.45, 2.75) is 19.3 Å². The Morgan fingerprint density at radius 1 is 1.20 bits per heavy atom. The van der Waals surface area contributed by atoms with Gasteiger partial charge in [-0.2, -0.15) is 0 Å². The number of carbonyl (C=O) groups is 1. The molecule has 2 aromatic carbocycles. The van der Waals surface area contributed by atoms with Crippen LogP contribution in [0.3, 0.4) is 0 Å². The van der Waals surface area contributed by atoms with E-state index in [1.807, 2.05) is 36.4 Å². The monoisotopic (exact) mass is 266 g/mol. The number of hydrogen-bond acceptors (Lipinski definition) is 2. The highest BCUT2D eigenvalue weighted by molar-refractivity contribution is 5.98. The second-order valence-corrected chi connectivity index (χ2v) is 5.06. The number of benzene rings is 2. The molecular weight excluding hydrogens is 248 g/mol. The van der Waals surface area contributed by atoms with E-state index in [9.17, 15) is 4.79 Å². The minimum absolute atomic E-state index is 0.0479. The molecule has 0 fully saturated rings. The van der Waals surface area contributed by atoms with Crippen LogP contribution in [-0.2, 0) is 11.2 Å². The quantitative estimate of drug-likeness (QED) is 0.894. The highest BCUT2D eigenvalue weighted by Crippen LogP contribution is 2.31. The average Bonchev–Trinajstić information content (AvgIpc) is 2.92. The fourth-order valence-electron chi connectivity index (χ4n) is 2.57. The van der Waals surface area contributed by atoms with Gasteiger partial charge >= 0.3 is 0 Å². The van der Waals surface area contributed by atoms with Crippen molar-refractivity contribution in [1.29, 1.82) is 0 Å². The average molecular weight is 266 g/mol. The van der Waals surface area contributed by atoms with Crippen LogP contribution in [0.25, 0.3) is 0 Å². The summed E-state index contributed by atoms with van der Waals surface area (Å²) in [5.74, 6) is -0.0660. The van der Waals surface area contributed by atoms with E-state index in [-0.39, 0.29) is 11.8 Å². The lowest BCUT2D eigenvalue weighted by Crippen LogP contribution is -2.22. The normalized spacial score (nSPS) is 16.4. The summed E-state index contributed by atoms with van der Waals surface area (Å²) < 4.78 is 0. The highest BCUT2D eigenvalue weighted by Gasteiger charge is 2.27. The fourth-order valence-corrected chi connectivity index (χ4v) is 2.57. The molecule has 0 saturated carbocycles. The Morgan fingerprint density at radius 2 is 1.95 bits per heavy atom. The van der Waals surface area contributed by atoms with Crippen LogP contribution in [0, 0.1) is 0 Å². The summed E-state index contributed by atoms with van der Waals surface area (Å²) in [6, 6.07) is 16.0. The van der Waals surface area contributed by atoms with Gasteiger partial charge in [0, 0.05) is 17.9 Å². The molecule has 0 aliphatic carbocycles. The van der Waals surface area contributed by atoms with Crippen LogP contribution in [-0.4, -0.2) is 12.5 Å².